The standard InChI is InChI=1S/C19H22N4O3S/c1-10(2)14-8-13-15(9-26-14)27-17-16(13)18(24)23(19(21-17)22-20)11-4-6-12(25-3)7-5-11/h4-7,10,14H,8-9,20H2,1-3H3,(H,21,22)/t14-/m0/s1. The quantitative estimate of drug-likeness (QED) is 0.529. The van der Waals surface area contributed by atoms with E-state index in [1.165, 1.54) is 15.9 Å². The van der Waals surface area contributed by atoms with Gasteiger partial charge < -0.3 is 9.47 Å². The second kappa shape index (κ2) is 6.95. The van der Waals surface area contributed by atoms with Gasteiger partial charge in [-0.2, -0.15) is 0 Å². The van der Waals surface area contributed by atoms with Crippen LogP contribution in [-0.2, 0) is 17.8 Å². The van der Waals surface area contributed by atoms with Gasteiger partial charge in [-0.25, -0.2) is 15.4 Å². The Morgan fingerprint density at radius 2 is 2.11 bits per heavy atom. The van der Waals surface area contributed by atoms with Crippen molar-refractivity contribution in [3.63, 3.8) is 0 Å². The predicted octanol–water partition coefficient (Wildman–Crippen LogP) is 2.84. The van der Waals surface area contributed by atoms with Crippen LogP contribution in [0.4, 0.5) is 5.95 Å². The molecule has 8 heteroatoms. The lowest BCUT2D eigenvalue weighted by molar-refractivity contribution is 0.00200. The van der Waals surface area contributed by atoms with E-state index in [0.717, 1.165) is 16.9 Å². The zero-order valence-corrected chi connectivity index (χ0v) is 16.3. The van der Waals surface area contributed by atoms with E-state index in [2.05, 4.69) is 24.3 Å². The molecule has 142 valence electrons. The lowest BCUT2D eigenvalue weighted by Crippen LogP contribution is -2.29. The third-order valence-electron chi connectivity index (χ3n) is 4.95. The first-order valence-corrected chi connectivity index (χ1v) is 9.65. The third-order valence-corrected chi connectivity index (χ3v) is 6.04. The van der Waals surface area contributed by atoms with Gasteiger partial charge in [0.2, 0.25) is 5.95 Å². The van der Waals surface area contributed by atoms with Gasteiger partial charge in [0.15, 0.2) is 0 Å². The third kappa shape index (κ3) is 2.99. The summed E-state index contributed by atoms with van der Waals surface area (Å²) in [4.78, 5) is 19.8. The summed E-state index contributed by atoms with van der Waals surface area (Å²) in [5.74, 6) is 7.07. The second-order valence-corrected chi connectivity index (χ2v) is 7.98. The van der Waals surface area contributed by atoms with E-state index in [1.807, 2.05) is 12.1 Å². The Labute approximate surface area is 160 Å². The van der Waals surface area contributed by atoms with Crippen LogP contribution in [0.2, 0.25) is 0 Å². The molecule has 2 aromatic heterocycles. The van der Waals surface area contributed by atoms with E-state index in [1.54, 1.807) is 19.2 Å². The molecule has 7 nitrogen and oxygen atoms in total. The highest BCUT2D eigenvalue weighted by molar-refractivity contribution is 7.18. The summed E-state index contributed by atoms with van der Waals surface area (Å²) >= 11 is 1.50. The zero-order valence-electron chi connectivity index (χ0n) is 15.5. The van der Waals surface area contributed by atoms with Gasteiger partial charge in [0.25, 0.3) is 5.56 Å². The molecule has 1 aliphatic heterocycles. The molecule has 0 spiro atoms. The molecule has 1 aliphatic rings. The number of nitrogens with two attached hydrogens (primary N) is 1. The SMILES string of the molecule is COc1ccc(-n2c(NN)nc3sc4c(c3c2=O)C[C@@H](C(C)C)OC4)cc1. The number of anilines is 1. The molecule has 3 heterocycles. The number of hydrazine groups is 1. The van der Waals surface area contributed by atoms with Crippen LogP contribution >= 0.6 is 11.3 Å². The maximum absolute atomic E-state index is 13.4. The number of rotatable bonds is 4. The molecule has 0 saturated carbocycles. The summed E-state index contributed by atoms with van der Waals surface area (Å²) in [7, 11) is 1.60. The van der Waals surface area contributed by atoms with Gasteiger partial charge in [0, 0.05) is 11.3 Å². The van der Waals surface area contributed by atoms with Gasteiger partial charge in [-0.15, -0.1) is 11.3 Å². The molecular weight excluding hydrogens is 364 g/mol. The topological polar surface area (TPSA) is 91.4 Å². The first-order chi connectivity index (χ1) is 13.0. The van der Waals surface area contributed by atoms with Crippen LogP contribution in [0.5, 0.6) is 5.75 Å². The van der Waals surface area contributed by atoms with Crippen molar-refractivity contribution in [1.29, 1.82) is 0 Å². The van der Waals surface area contributed by atoms with E-state index in [-0.39, 0.29) is 11.7 Å². The molecule has 4 rings (SSSR count). The lowest BCUT2D eigenvalue weighted by Gasteiger charge is -2.26. The van der Waals surface area contributed by atoms with Gasteiger partial charge in [-0.05, 0) is 35.7 Å². The zero-order chi connectivity index (χ0) is 19.1. The van der Waals surface area contributed by atoms with Gasteiger partial charge >= 0.3 is 0 Å². The molecule has 0 saturated heterocycles. The molecule has 0 radical (unpaired) electrons. The Hall–Kier alpha value is -2.42. The summed E-state index contributed by atoms with van der Waals surface area (Å²) in [6.07, 6.45) is 0.832. The van der Waals surface area contributed by atoms with E-state index in [9.17, 15) is 4.79 Å². The van der Waals surface area contributed by atoms with Crippen molar-refractivity contribution in [3.05, 3.63) is 45.1 Å². The molecule has 0 fully saturated rings. The van der Waals surface area contributed by atoms with Crippen LogP contribution in [0.3, 0.4) is 0 Å². The maximum Gasteiger partial charge on any atom is 0.268 e. The molecule has 3 aromatic rings. The molecule has 0 amide bonds. The number of hydrogen-bond donors (Lipinski definition) is 2. The minimum Gasteiger partial charge on any atom is -0.497 e. The largest absolute Gasteiger partial charge is 0.497 e. The number of methoxy groups -OCH3 is 1. The first-order valence-electron chi connectivity index (χ1n) is 8.83. The Balaban J connectivity index is 1.93. The molecule has 1 atom stereocenters. The molecule has 3 N–H and O–H groups in total. The number of aromatic nitrogens is 2. The number of nitrogens with one attached hydrogen (secondary N) is 1. The summed E-state index contributed by atoms with van der Waals surface area (Å²) < 4.78 is 12.7. The number of nitrogens with zero attached hydrogens (tertiary/aromatic N) is 2. The summed E-state index contributed by atoms with van der Waals surface area (Å²) in [6.45, 7) is 4.79. The smallest absolute Gasteiger partial charge is 0.268 e. The van der Waals surface area contributed by atoms with Crippen molar-refractivity contribution in [2.75, 3.05) is 12.5 Å². The molecule has 0 aliphatic carbocycles. The number of ether oxygens (including phenoxy) is 2. The van der Waals surface area contributed by atoms with Crippen LogP contribution in [0.1, 0.15) is 24.3 Å². The van der Waals surface area contributed by atoms with Gasteiger partial charge in [0.05, 0.1) is 30.9 Å². The summed E-state index contributed by atoms with van der Waals surface area (Å²) in [5, 5.41) is 0.666. The van der Waals surface area contributed by atoms with Crippen molar-refractivity contribution >= 4 is 27.5 Å². The Kier molecular flexibility index (Phi) is 4.63. The van der Waals surface area contributed by atoms with Gasteiger partial charge in [-0.3, -0.25) is 10.2 Å². The van der Waals surface area contributed by atoms with Crippen LogP contribution < -0.4 is 21.6 Å². The highest BCUT2D eigenvalue weighted by Crippen LogP contribution is 2.35. The van der Waals surface area contributed by atoms with Crippen LogP contribution in [-0.4, -0.2) is 22.8 Å². The summed E-state index contributed by atoms with van der Waals surface area (Å²) in [5.41, 5.74) is 4.17. The molecule has 27 heavy (non-hydrogen) atoms. The fraction of sp³-hybridized carbons (Fsp3) is 0.368. The number of benzene rings is 1. The van der Waals surface area contributed by atoms with Crippen molar-refractivity contribution in [3.8, 4) is 11.4 Å². The molecule has 1 aromatic carbocycles. The fourth-order valence-corrected chi connectivity index (χ4v) is 4.54. The first kappa shape index (κ1) is 18.0. The number of nitrogen functional groups attached to an aromatic ring is 1. The van der Waals surface area contributed by atoms with E-state index >= 15 is 0 Å². The average molecular weight is 386 g/mol. The Bertz CT molecular complexity index is 1040. The number of fused-ring (bicyclic) bond motifs is 3. The molecular formula is C19H22N4O3S. The normalized spacial score (nSPS) is 16.6. The van der Waals surface area contributed by atoms with Gasteiger partial charge in [-0.1, -0.05) is 13.8 Å². The van der Waals surface area contributed by atoms with E-state index in [0.29, 0.717) is 40.1 Å². The van der Waals surface area contributed by atoms with E-state index in [4.69, 9.17) is 15.3 Å². The van der Waals surface area contributed by atoms with Gasteiger partial charge in [0.1, 0.15) is 10.6 Å². The molecule has 0 unspecified atom stereocenters. The van der Waals surface area contributed by atoms with Crippen molar-refractivity contribution < 1.29 is 9.47 Å². The van der Waals surface area contributed by atoms with Crippen LogP contribution in [0.15, 0.2) is 29.1 Å². The average Bonchev–Trinajstić information content (AvgIpc) is 3.05. The number of thiophene rings is 1. The van der Waals surface area contributed by atoms with Crippen molar-refractivity contribution in [2.45, 2.75) is 33.0 Å². The Morgan fingerprint density at radius 3 is 2.74 bits per heavy atom. The highest BCUT2D eigenvalue weighted by Gasteiger charge is 2.28. The Morgan fingerprint density at radius 1 is 1.37 bits per heavy atom. The maximum atomic E-state index is 13.4. The van der Waals surface area contributed by atoms with Crippen molar-refractivity contribution in [2.24, 2.45) is 11.8 Å². The lowest BCUT2D eigenvalue weighted by atomic mass is 9.96. The predicted molar refractivity (Wildman–Crippen MR) is 107 cm³/mol. The summed E-state index contributed by atoms with van der Waals surface area (Å²) in [6, 6.07) is 7.23. The minimum atomic E-state index is -0.125. The highest BCUT2D eigenvalue weighted by atomic mass is 32.1. The fourth-order valence-electron chi connectivity index (χ4n) is 3.42. The van der Waals surface area contributed by atoms with Crippen LogP contribution in [0, 0.1) is 5.92 Å². The second-order valence-electron chi connectivity index (χ2n) is 6.90. The van der Waals surface area contributed by atoms with Crippen molar-refractivity contribution in [1.82, 2.24) is 9.55 Å². The molecule has 0 bridgehead atoms. The number of hydrogen-bond acceptors (Lipinski definition) is 7. The minimum absolute atomic E-state index is 0.108. The monoisotopic (exact) mass is 386 g/mol. The van der Waals surface area contributed by atoms with E-state index < -0.39 is 0 Å². The van der Waals surface area contributed by atoms with Crippen LogP contribution in [0.25, 0.3) is 15.9 Å².